The van der Waals surface area contributed by atoms with Gasteiger partial charge in [0.25, 0.3) is 0 Å². The van der Waals surface area contributed by atoms with E-state index in [-0.39, 0.29) is 12.3 Å². The molecule has 0 aliphatic carbocycles. The fourth-order valence-corrected chi connectivity index (χ4v) is 4.15. The van der Waals surface area contributed by atoms with E-state index >= 15 is 0 Å². The maximum absolute atomic E-state index is 12.6. The van der Waals surface area contributed by atoms with Crippen molar-refractivity contribution in [3.05, 3.63) is 59.3 Å². The van der Waals surface area contributed by atoms with Crippen molar-refractivity contribution in [2.75, 3.05) is 12.4 Å². The first-order valence-corrected chi connectivity index (χ1v) is 9.46. The van der Waals surface area contributed by atoms with Crippen LogP contribution in [0.4, 0.5) is 5.13 Å². The summed E-state index contributed by atoms with van der Waals surface area (Å²) in [4.78, 5) is 21.7. The number of thiazole rings is 1. The predicted molar refractivity (Wildman–Crippen MR) is 110 cm³/mol. The molecule has 0 aliphatic rings. The molecule has 2 aromatic carbocycles. The van der Waals surface area contributed by atoms with Crippen molar-refractivity contribution in [2.45, 2.75) is 20.3 Å². The lowest BCUT2D eigenvalue weighted by Gasteiger charge is -2.12. The van der Waals surface area contributed by atoms with Gasteiger partial charge in [-0.3, -0.25) is 9.78 Å². The molecule has 2 heterocycles. The molecular weight excluding hydrogens is 358 g/mol. The summed E-state index contributed by atoms with van der Waals surface area (Å²) in [5, 5.41) is 4.59. The van der Waals surface area contributed by atoms with Crippen molar-refractivity contribution in [1.29, 1.82) is 0 Å². The van der Waals surface area contributed by atoms with Crippen LogP contribution in [-0.2, 0) is 11.2 Å². The molecule has 4 rings (SSSR count). The second-order valence-corrected chi connectivity index (χ2v) is 7.43. The third-order valence-electron chi connectivity index (χ3n) is 4.66. The molecule has 5 nitrogen and oxygen atoms in total. The fraction of sp³-hybridized carbons (Fsp3) is 0.190. The topological polar surface area (TPSA) is 64.1 Å². The van der Waals surface area contributed by atoms with Gasteiger partial charge in [0, 0.05) is 11.1 Å². The number of methoxy groups -OCH3 is 1. The van der Waals surface area contributed by atoms with Crippen LogP contribution in [0.2, 0.25) is 0 Å². The minimum absolute atomic E-state index is 0.0932. The standard InChI is InChI=1S/C21H19N3O2S/c1-12-15-6-4-5-7-17(15)22-13(2)16(12)11-20(25)24-21-23-18-9-8-14(26-3)10-19(18)27-21/h4-10H,11H2,1-3H3,(H,23,24,25). The number of hydrogen-bond acceptors (Lipinski definition) is 5. The molecule has 0 spiro atoms. The molecular formula is C21H19N3O2S. The van der Waals surface area contributed by atoms with Crippen molar-refractivity contribution >= 4 is 43.5 Å². The lowest BCUT2D eigenvalue weighted by molar-refractivity contribution is -0.115. The second-order valence-electron chi connectivity index (χ2n) is 6.40. The maximum atomic E-state index is 12.6. The van der Waals surface area contributed by atoms with Crippen molar-refractivity contribution in [3.63, 3.8) is 0 Å². The molecule has 27 heavy (non-hydrogen) atoms. The Labute approximate surface area is 161 Å². The van der Waals surface area contributed by atoms with E-state index < -0.39 is 0 Å². The van der Waals surface area contributed by atoms with E-state index in [4.69, 9.17) is 4.74 Å². The van der Waals surface area contributed by atoms with Crippen molar-refractivity contribution < 1.29 is 9.53 Å². The van der Waals surface area contributed by atoms with Crippen LogP contribution in [0.15, 0.2) is 42.5 Å². The molecule has 1 N–H and O–H groups in total. The molecule has 2 aromatic heterocycles. The first-order valence-electron chi connectivity index (χ1n) is 8.64. The van der Waals surface area contributed by atoms with Crippen LogP contribution in [0.25, 0.3) is 21.1 Å². The summed E-state index contributed by atoms with van der Waals surface area (Å²) in [5.41, 5.74) is 4.75. The van der Waals surface area contributed by atoms with Crippen molar-refractivity contribution in [3.8, 4) is 5.75 Å². The molecule has 0 fully saturated rings. The third kappa shape index (κ3) is 3.36. The molecule has 4 aromatic rings. The van der Waals surface area contributed by atoms with Crippen molar-refractivity contribution in [1.82, 2.24) is 9.97 Å². The largest absolute Gasteiger partial charge is 0.497 e. The number of benzene rings is 2. The van der Waals surface area contributed by atoms with Gasteiger partial charge in [-0.25, -0.2) is 4.98 Å². The molecule has 136 valence electrons. The molecule has 0 aliphatic heterocycles. The first-order chi connectivity index (χ1) is 13.0. The average molecular weight is 377 g/mol. The summed E-state index contributed by atoms with van der Waals surface area (Å²) in [5.74, 6) is 0.682. The Balaban J connectivity index is 1.58. The number of nitrogens with one attached hydrogen (secondary N) is 1. The molecule has 0 bridgehead atoms. The van der Waals surface area contributed by atoms with E-state index in [9.17, 15) is 4.79 Å². The molecule has 6 heteroatoms. The third-order valence-corrected chi connectivity index (χ3v) is 5.60. The van der Waals surface area contributed by atoms with E-state index in [1.807, 2.05) is 56.3 Å². The lowest BCUT2D eigenvalue weighted by Crippen LogP contribution is -2.16. The van der Waals surface area contributed by atoms with Gasteiger partial charge in [-0.15, -0.1) is 0 Å². The van der Waals surface area contributed by atoms with Gasteiger partial charge in [0.15, 0.2) is 5.13 Å². The highest BCUT2D eigenvalue weighted by molar-refractivity contribution is 7.22. The Hall–Kier alpha value is -2.99. The van der Waals surface area contributed by atoms with Gasteiger partial charge < -0.3 is 10.1 Å². The Morgan fingerprint density at radius 3 is 2.74 bits per heavy atom. The summed E-state index contributed by atoms with van der Waals surface area (Å²) in [7, 11) is 1.63. The van der Waals surface area contributed by atoms with E-state index in [0.717, 1.165) is 43.7 Å². The molecule has 0 unspecified atom stereocenters. The number of anilines is 1. The number of fused-ring (bicyclic) bond motifs is 2. The van der Waals surface area contributed by atoms with Crippen LogP contribution in [0, 0.1) is 13.8 Å². The minimum Gasteiger partial charge on any atom is -0.497 e. The number of hydrogen-bond donors (Lipinski definition) is 1. The zero-order valence-corrected chi connectivity index (χ0v) is 16.2. The summed E-state index contributed by atoms with van der Waals surface area (Å²) in [6.07, 6.45) is 0.273. The Morgan fingerprint density at radius 1 is 1.11 bits per heavy atom. The quantitative estimate of drug-likeness (QED) is 0.562. The minimum atomic E-state index is -0.0932. The van der Waals surface area contributed by atoms with Gasteiger partial charge in [-0.1, -0.05) is 29.5 Å². The summed E-state index contributed by atoms with van der Waals surface area (Å²) in [6, 6.07) is 13.7. The molecule has 0 atom stereocenters. The fourth-order valence-electron chi connectivity index (χ4n) is 3.24. The number of para-hydroxylation sites is 1. The number of aromatic nitrogens is 2. The monoisotopic (exact) mass is 377 g/mol. The van der Waals surface area contributed by atoms with Gasteiger partial charge in [0.05, 0.1) is 29.3 Å². The van der Waals surface area contributed by atoms with Gasteiger partial charge in [-0.2, -0.15) is 0 Å². The predicted octanol–water partition coefficient (Wildman–Crippen LogP) is 4.65. The van der Waals surface area contributed by atoms with Crippen molar-refractivity contribution in [2.24, 2.45) is 0 Å². The van der Waals surface area contributed by atoms with Crippen LogP contribution in [0.5, 0.6) is 5.75 Å². The summed E-state index contributed by atoms with van der Waals surface area (Å²) < 4.78 is 6.21. The normalized spacial score (nSPS) is 11.1. The van der Waals surface area contributed by atoms with Crippen LogP contribution >= 0.6 is 11.3 Å². The average Bonchev–Trinajstić information content (AvgIpc) is 3.06. The highest BCUT2D eigenvalue weighted by Gasteiger charge is 2.14. The number of pyridine rings is 1. The number of carbonyl (C=O) groups excluding carboxylic acids is 1. The van der Waals surface area contributed by atoms with Crippen LogP contribution in [0.3, 0.4) is 0 Å². The van der Waals surface area contributed by atoms with E-state index in [1.54, 1.807) is 7.11 Å². The van der Waals surface area contributed by atoms with Crippen LogP contribution < -0.4 is 10.1 Å². The number of carbonyl (C=O) groups is 1. The number of nitrogens with zero attached hydrogens (tertiary/aromatic N) is 2. The lowest BCUT2D eigenvalue weighted by atomic mass is 9.99. The molecule has 0 radical (unpaired) electrons. The second kappa shape index (κ2) is 6.96. The highest BCUT2D eigenvalue weighted by atomic mass is 32.1. The zero-order valence-electron chi connectivity index (χ0n) is 15.4. The molecule has 1 amide bonds. The number of aryl methyl sites for hydroxylation is 2. The van der Waals surface area contributed by atoms with Crippen LogP contribution in [-0.4, -0.2) is 23.0 Å². The van der Waals surface area contributed by atoms with Crippen LogP contribution in [0.1, 0.15) is 16.8 Å². The molecule has 0 saturated carbocycles. The van der Waals surface area contributed by atoms with Gasteiger partial charge in [0.2, 0.25) is 5.91 Å². The zero-order chi connectivity index (χ0) is 19.0. The Bertz CT molecular complexity index is 1170. The SMILES string of the molecule is COc1ccc2nc(NC(=O)Cc3c(C)nc4ccccc4c3C)sc2c1. The number of ether oxygens (including phenoxy) is 1. The Kier molecular flexibility index (Phi) is 4.49. The highest BCUT2D eigenvalue weighted by Crippen LogP contribution is 2.29. The number of amides is 1. The smallest absolute Gasteiger partial charge is 0.230 e. The first kappa shape index (κ1) is 17.4. The molecule has 0 saturated heterocycles. The maximum Gasteiger partial charge on any atom is 0.230 e. The summed E-state index contributed by atoms with van der Waals surface area (Å²) >= 11 is 1.44. The Morgan fingerprint density at radius 2 is 1.93 bits per heavy atom. The van der Waals surface area contributed by atoms with E-state index in [2.05, 4.69) is 15.3 Å². The van der Waals surface area contributed by atoms with Gasteiger partial charge >= 0.3 is 0 Å². The van der Waals surface area contributed by atoms with Gasteiger partial charge in [-0.05, 0) is 49.2 Å². The van der Waals surface area contributed by atoms with E-state index in [0.29, 0.717) is 5.13 Å². The van der Waals surface area contributed by atoms with E-state index in [1.165, 1.54) is 11.3 Å². The summed E-state index contributed by atoms with van der Waals surface area (Å²) in [6.45, 7) is 4.00. The number of rotatable bonds is 4. The van der Waals surface area contributed by atoms with Gasteiger partial charge in [0.1, 0.15) is 5.75 Å².